The molecule has 0 saturated heterocycles. The van der Waals surface area contributed by atoms with Gasteiger partial charge in [-0.1, -0.05) is 12.2 Å². The van der Waals surface area contributed by atoms with Gasteiger partial charge in [0.05, 0.1) is 12.7 Å². The fourth-order valence-electron chi connectivity index (χ4n) is 1.88. The molecule has 0 radical (unpaired) electrons. The highest BCUT2D eigenvalue weighted by Crippen LogP contribution is 2.16. The quantitative estimate of drug-likeness (QED) is 0.673. The van der Waals surface area contributed by atoms with E-state index >= 15 is 0 Å². The van der Waals surface area contributed by atoms with Gasteiger partial charge < -0.3 is 15.4 Å². The molecule has 3 heteroatoms. The standard InChI is InChI=1S/C12H24N2O/c1-10(2)15-7-6-14(3)9-11-4-5-12(13)8-11/h4-5,10-12H,6-9,13H2,1-3H3. The molecule has 1 aliphatic carbocycles. The maximum absolute atomic E-state index is 5.81. The number of ether oxygens (including phenoxy) is 1. The van der Waals surface area contributed by atoms with Crippen molar-refractivity contribution >= 4 is 0 Å². The van der Waals surface area contributed by atoms with Crippen LogP contribution in [0.5, 0.6) is 0 Å². The van der Waals surface area contributed by atoms with Gasteiger partial charge in [0.15, 0.2) is 0 Å². The Morgan fingerprint density at radius 3 is 2.73 bits per heavy atom. The van der Waals surface area contributed by atoms with E-state index in [1.54, 1.807) is 0 Å². The van der Waals surface area contributed by atoms with Gasteiger partial charge in [0.1, 0.15) is 0 Å². The van der Waals surface area contributed by atoms with Crippen LogP contribution in [-0.2, 0) is 4.74 Å². The number of likely N-dealkylation sites (N-methyl/N-ethyl adjacent to an activating group) is 1. The number of nitrogens with two attached hydrogens (primary N) is 1. The van der Waals surface area contributed by atoms with Crippen molar-refractivity contribution in [2.24, 2.45) is 11.7 Å². The summed E-state index contributed by atoms with van der Waals surface area (Å²) in [6.45, 7) is 7.04. The van der Waals surface area contributed by atoms with E-state index in [0.717, 1.165) is 26.1 Å². The summed E-state index contributed by atoms with van der Waals surface area (Å²) in [7, 11) is 2.14. The van der Waals surface area contributed by atoms with Crippen molar-refractivity contribution in [3.05, 3.63) is 12.2 Å². The van der Waals surface area contributed by atoms with E-state index in [4.69, 9.17) is 10.5 Å². The monoisotopic (exact) mass is 212 g/mol. The average molecular weight is 212 g/mol. The zero-order chi connectivity index (χ0) is 11.3. The average Bonchev–Trinajstić information content (AvgIpc) is 2.50. The van der Waals surface area contributed by atoms with Gasteiger partial charge in [-0.25, -0.2) is 0 Å². The van der Waals surface area contributed by atoms with Crippen LogP contribution in [0.4, 0.5) is 0 Å². The lowest BCUT2D eigenvalue weighted by atomic mass is 10.1. The number of rotatable bonds is 6. The second kappa shape index (κ2) is 6.26. The summed E-state index contributed by atoms with van der Waals surface area (Å²) in [5.74, 6) is 0.629. The second-order valence-electron chi connectivity index (χ2n) is 4.73. The lowest BCUT2D eigenvalue weighted by Crippen LogP contribution is -2.29. The number of nitrogens with zero attached hydrogens (tertiary/aromatic N) is 1. The first-order chi connectivity index (χ1) is 7.08. The Hall–Kier alpha value is -0.380. The van der Waals surface area contributed by atoms with Crippen molar-refractivity contribution in [2.75, 3.05) is 26.7 Å². The second-order valence-corrected chi connectivity index (χ2v) is 4.73. The molecule has 0 aromatic rings. The molecule has 0 amide bonds. The van der Waals surface area contributed by atoms with Crippen LogP contribution in [0.15, 0.2) is 12.2 Å². The number of hydrogen-bond donors (Lipinski definition) is 1. The minimum absolute atomic E-state index is 0.273. The summed E-state index contributed by atoms with van der Waals surface area (Å²) in [6, 6.07) is 0.273. The fraction of sp³-hybridized carbons (Fsp3) is 0.833. The highest BCUT2D eigenvalue weighted by Gasteiger charge is 2.16. The molecule has 0 saturated carbocycles. The molecule has 0 fully saturated rings. The minimum Gasteiger partial charge on any atom is -0.377 e. The molecule has 1 rings (SSSR count). The molecule has 0 spiro atoms. The molecule has 0 bridgehead atoms. The largest absolute Gasteiger partial charge is 0.377 e. The van der Waals surface area contributed by atoms with Gasteiger partial charge in [0, 0.05) is 19.1 Å². The third-order valence-corrected chi connectivity index (χ3v) is 2.68. The Bertz CT molecular complexity index is 204. The molecule has 88 valence electrons. The van der Waals surface area contributed by atoms with Crippen molar-refractivity contribution in [1.82, 2.24) is 4.90 Å². The van der Waals surface area contributed by atoms with Crippen LogP contribution in [0, 0.1) is 5.92 Å². The Balaban J connectivity index is 2.08. The lowest BCUT2D eigenvalue weighted by Gasteiger charge is -2.20. The minimum atomic E-state index is 0.273. The molecule has 0 aromatic heterocycles. The molecule has 0 aliphatic heterocycles. The van der Waals surface area contributed by atoms with Crippen LogP contribution >= 0.6 is 0 Å². The van der Waals surface area contributed by atoms with Crippen LogP contribution < -0.4 is 5.73 Å². The summed E-state index contributed by atoms with van der Waals surface area (Å²) >= 11 is 0. The maximum atomic E-state index is 5.81. The van der Waals surface area contributed by atoms with Gasteiger partial charge in [-0.05, 0) is 33.2 Å². The van der Waals surface area contributed by atoms with Crippen LogP contribution in [-0.4, -0.2) is 43.8 Å². The van der Waals surface area contributed by atoms with Crippen molar-refractivity contribution in [3.63, 3.8) is 0 Å². The summed E-state index contributed by atoms with van der Waals surface area (Å²) in [6.07, 6.45) is 5.78. The third kappa shape index (κ3) is 5.30. The molecule has 15 heavy (non-hydrogen) atoms. The summed E-state index contributed by atoms with van der Waals surface area (Å²) in [5.41, 5.74) is 5.81. The predicted octanol–water partition coefficient (Wildman–Crippen LogP) is 1.25. The van der Waals surface area contributed by atoms with E-state index in [0.29, 0.717) is 12.0 Å². The molecule has 2 unspecified atom stereocenters. The maximum Gasteiger partial charge on any atom is 0.0596 e. The van der Waals surface area contributed by atoms with E-state index in [1.165, 1.54) is 0 Å². The van der Waals surface area contributed by atoms with E-state index in [-0.39, 0.29) is 6.04 Å². The van der Waals surface area contributed by atoms with E-state index in [1.807, 2.05) is 0 Å². The first-order valence-corrected chi connectivity index (χ1v) is 5.82. The van der Waals surface area contributed by atoms with Gasteiger partial charge in [-0.15, -0.1) is 0 Å². The zero-order valence-corrected chi connectivity index (χ0v) is 10.1. The van der Waals surface area contributed by atoms with Gasteiger partial charge in [-0.3, -0.25) is 0 Å². The lowest BCUT2D eigenvalue weighted by molar-refractivity contribution is 0.0622. The number of hydrogen-bond acceptors (Lipinski definition) is 3. The van der Waals surface area contributed by atoms with E-state index in [2.05, 4.69) is 37.9 Å². The van der Waals surface area contributed by atoms with Gasteiger partial charge in [0.25, 0.3) is 0 Å². The van der Waals surface area contributed by atoms with Crippen LogP contribution in [0.2, 0.25) is 0 Å². The Kier molecular flexibility index (Phi) is 5.29. The van der Waals surface area contributed by atoms with Crippen LogP contribution in [0.3, 0.4) is 0 Å². The molecule has 1 aliphatic rings. The van der Waals surface area contributed by atoms with Gasteiger partial charge >= 0.3 is 0 Å². The first kappa shape index (κ1) is 12.7. The SMILES string of the molecule is CC(C)OCCN(C)CC1C=CC(N)C1. The predicted molar refractivity (Wildman–Crippen MR) is 63.8 cm³/mol. The van der Waals surface area contributed by atoms with Gasteiger partial charge in [0.2, 0.25) is 0 Å². The summed E-state index contributed by atoms with van der Waals surface area (Å²) in [4.78, 5) is 2.31. The van der Waals surface area contributed by atoms with Crippen molar-refractivity contribution in [3.8, 4) is 0 Å². The summed E-state index contributed by atoms with van der Waals surface area (Å²) < 4.78 is 5.51. The third-order valence-electron chi connectivity index (χ3n) is 2.68. The fourth-order valence-corrected chi connectivity index (χ4v) is 1.88. The Morgan fingerprint density at radius 1 is 1.47 bits per heavy atom. The van der Waals surface area contributed by atoms with Gasteiger partial charge in [-0.2, -0.15) is 0 Å². The highest BCUT2D eigenvalue weighted by molar-refractivity contribution is 5.05. The van der Waals surface area contributed by atoms with Crippen LogP contribution in [0.25, 0.3) is 0 Å². The summed E-state index contributed by atoms with van der Waals surface area (Å²) in [5, 5.41) is 0. The molecular weight excluding hydrogens is 188 g/mol. The Morgan fingerprint density at radius 2 is 2.20 bits per heavy atom. The molecule has 3 nitrogen and oxygen atoms in total. The van der Waals surface area contributed by atoms with E-state index in [9.17, 15) is 0 Å². The van der Waals surface area contributed by atoms with Crippen molar-refractivity contribution in [2.45, 2.75) is 32.4 Å². The highest BCUT2D eigenvalue weighted by atomic mass is 16.5. The molecular formula is C12H24N2O. The van der Waals surface area contributed by atoms with Crippen LogP contribution in [0.1, 0.15) is 20.3 Å². The molecule has 0 aromatic carbocycles. The van der Waals surface area contributed by atoms with Crippen molar-refractivity contribution < 1.29 is 4.74 Å². The molecule has 0 heterocycles. The van der Waals surface area contributed by atoms with E-state index < -0.39 is 0 Å². The smallest absolute Gasteiger partial charge is 0.0596 e. The van der Waals surface area contributed by atoms with Crippen molar-refractivity contribution in [1.29, 1.82) is 0 Å². The zero-order valence-electron chi connectivity index (χ0n) is 10.1. The topological polar surface area (TPSA) is 38.5 Å². The normalized spacial score (nSPS) is 25.7. The molecule has 2 atom stereocenters. The Labute approximate surface area is 93.3 Å². The molecule has 2 N–H and O–H groups in total. The first-order valence-electron chi connectivity index (χ1n) is 5.82.